The molecule has 1 saturated heterocycles. The average molecular weight is 450 g/mol. The van der Waals surface area contributed by atoms with Crippen molar-refractivity contribution in [2.75, 3.05) is 56.6 Å². The third kappa shape index (κ3) is 5.02. The lowest BCUT2D eigenvalue weighted by atomic mass is 10.1. The van der Waals surface area contributed by atoms with Crippen molar-refractivity contribution in [3.63, 3.8) is 0 Å². The molecule has 0 spiro atoms. The molecule has 1 aliphatic heterocycles. The molecule has 3 rings (SSSR count). The topological polar surface area (TPSA) is 108 Å². The zero-order valence-electron chi connectivity index (χ0n) is 17.8. The van der Waals surface area contributed by atoms with Gasteiger partial charge in [0, 0.05) is 32.2 Å². The molecule has 0 amide bonds. The largest absolute Gasteiger partial charge is 0.497 e. The number of sulfonamides is 1. The Kier molecular flexibility index (Phi) is 6.91. The Morgan fingerprint density at radius 3 is 2.35 bits per heavy atom. The van der Waals surface area contributed by atoms with Crippen molar-refractivity contribution in [2.45, 2.75) is 11.8 Å². The van der Waals surface area contributed by atoms with Gasteiger partial charge in [-0.25, -0.2) is 13.2 Å². The number of hydrogen-bond donors (Lipinski definition) is 2. The van der Waals surface area contributed by atoms with E-state index in [0.717, 1.165) is 19.6 Å². The van der Waals surface area contributed by atoms with Crippen molar-refractivity contribution in [2.24, 2.45) is 0 Å². The number of methoxy groups -OCH3 is 2. The summed E-state index contributed by atoms with van der Waals surface area (Å²) in [6.45, 7) is 6.13. The molecule has 31 heavy (non-hydrogen) atoms. The van der Waals surface area contributed by atoms with Gasteiger partial charge in [0.25, 0.3) is 10.0 Å². The summed E-state index contributed by atoms with van der Waals surface area (Å²) >= 11 is 0. The highest BCUT2D eigenvalue weighted by atomic mass is 32.2. The first-order valence-corrected chi connectivity index (χ1v) is 11.4. The van der Waals surface area contributed by atoms with Gasteiger partial charge in [-0.2, -0.15) is 0 Å². The lowest BCUT2D eigenvalue weighted by molar-refractivity contribution is 0.0697. The van der Waals surface area contributed by atoms with Crippen LogP contribution in [-0.4, -0.2) is 71.3 Å². The van der Waals surface area contributed by atoms with E-state index in [-0.39, 0.29) is 21.9 Å². The molecule has 168 valence electrons. The van der Waals surface area contributed by atoms with Gasteiger partial charge in [-0.3, -0.25) is 4.72 Å². The van der Waals surface area contributed by atoms with Crippen LogP contribution in [0.4, 0.5) is 11.4 Å². The van der Waals surface area contributed by atoms with E-state index in [4.69, 9.17) is 9.47 Å². The van der Waals surface area contributed by atoms with Crippen molar-refractivity contribution in [3.8, 4) is 11.5 Å². The van der Waals surface area contributed by atoms with Gasteiger partial charge in [0.05, 0.1) is 31.2 Å². The summed E-state index contributed by atoms with van der Waals surface area (Å²) in [6, 6.07) is 8.93. The van der Waals surface area contributed by atoms with Gasteiger partial charge in [-0.1, -0.05) is 6.92 Å². The highest BCUT2D eigenvalue weighted by Gasteiger charge is 2.25. The maximum Gasteiger partial charge on any atom is 0.335 e. The number of nitrogens with one attached hydrogen (secondary N) is 1. The second-order valence-corrected chi connectivity index (χ2v) is 8.73. The van der Waals surface area contributed by atoms with Crippen LogP contribution in [0.25, 0.3) is 0 Å². The number of anilines is 2. The SMILES string of the molecule is CCN1CCN(c2ccc(C(=O)O)cc2NS(=O)(=O)c2cc(OC)ccc2OC)CC1. The molecule has 2 N–H and O–H groups in total. The van der Waals surface area contributed by atoms with Crippen LogP contribution in [0, 0.1) is 0 Å². The van der Waals surface area contributed by atoms with Crippen molar-refractivity contribution in [3.05, 3.63) is 42.0 Å². The van der Waals surface area contributed by atoms with Crippen LogP contribution < -0.4 is 19.1 Å². The molecule has 10 heteroatoms. The van der Waals surface area contributed by atoms with Crippen LogP contribution in [0.3, 0.4) is 0 Å². The number of piperazine rings is 1. The van der Waals surface area contributed by atoms with Crippen molar-refractivity contribution in [1.82, 2.24) is 4.90 Å². The maximum atomic E-state index is 13.2. The number of benzene rings is 2. The van der Waals surface area contributed by atoms with Gasteiger partial charge in [-0.15, -0.1) is 0 Å². The molecule has 2 aromatic carbocycles. The summed E-state index contributed by atoms with van der Waals surface area (Å²) in [5.74, 6) is -0.626. The first kappa shape index (κ1) is 22.7. The highest BCUT2D eigenvalue weighted by molar-refractivity contribution is 7.92. The van der Waals surface area contributed by atoms with E-state index in [1.165, 1.54) is 38.5 Å². The Hall–Kier alpha value is -2.98. The van der Waals surface area contributed by atoms with Gasteiger partial charge in [0.2, 0.25) is 0 Å². The Bertz CT molecular complexity index is 1050. The molecule has 0 unspecified atom stereocenters. The number of nitrogens with zero attached hydrogens (tertiary/aromatic N) is 2. The summed E-state index contributed by atoms with van der Waals surface area (Å²) < 4.78 is 39.4. The van der Waals surface area contributed by atoms with Crippen molar-refractivity contribution < 1.29 is 27.8 Å². The second kappa shape index (κ2) is 9.44. The van der Waals surface area contributed by atoms with E-state index >= 15 is 0 Å². The number of carboxylic acids is 1. The molecule has 9 nitrogen and oxygen atoms in total. The molecule has 0 bridgehead atoms. The number of carboxylic acid groups (broad SMARTS) is 1. The molecule has 1 heterocycles. The van der Waals surface area contributed by atoms with Crippen LogP contribution in [0.1, 0.15) is 17.3 Å². The van der Waals surface area contributed by atoms with E-state index in [9.17, 15) is 18.3 Å². The van der Waals surface area contributed by atoms with Crippen LogP contribution in [0.15, 0.2) is 41.3 Å². The van der Waals surface area contributed by atoms with Gasteiger partial charge in [-0.05, 0) is 36.9 Å². The van der Waals surface area contributed by atoms with Gasteiger partial charge in [0.15, 0.2) is 0 Å². The monoisotopic (exact) mass is 449 g/mol. The number of ether oxygens (including phenoxy) is 2. The minimum absolute atomic E-state index is 0.00810. The normalized spacial score (nSPS) is 14.9. The minimum Gasteiger partial charge on any atom is -0.497 e. The average Bonchev–Trinajstić information content (AvgIpc) is 2.78. The number of likely N-dealkylation sites (N-methyl/N-ethyl adjacent to an activating group) is 1. The first-order valence-electron chi connectivity index (χ1n) is 9.88. The zero-order chi connectivity index (χ0) is 22.6. The lowest BCUT2D eigenvalue weighted by Gasteiger charge is -2.36. The Morgan fingerprint density at radius 2 is 1.77 bits per heavy atom. The van der Waals surface area contributed by atoms with Crippen LogP contribution >= 0.6 is 0 Å². The number of rotatable bonds is 8. The third-order valence-corrected chi connectivity index (χ3v) is 6.70. The van der Waals surface area contributed by atoms with E-state index in [1.807, 2.05) is 0 Å². The maximum absolute atomic E-state index is 13.2. The van der Waals surface area contributed by atoms with Crippen LogP contribution in [0.5, 0.6) is 11.5 Å². The van der Waals surface area contributed by atoms with Crippen LogP contribution in [0.2, 0.25) is 0 Å². The summed E-state index contributed by atoms with van der Waals surface area (Å²) in [6.07, 6.45) is 0. The van der Waals surface area contributed by atoms with Gasteiger partial charge >= 0.3 is 5.97 Å². The third-order valence-electron chi connectivity index (χ3n) is 5.31. The Balaban J connectivity index is 2.01. The molecule has 0 aliphatic carbocycles. The summed E-state index contributed by atoms with van der Waals surface area (Å²) in [5.41, 5.74) is 0.826. The highest BCUT2D eigenvalue weighted by Crippen LogP contribution is 2.34. The van der Waals surface area contributed by atoms with E-state index in [2.05, 4.69) is 21.4 Å². The van der Waals surface area contributed by atoms with Gasteiger partial charge < -0.3 is 24.4 Å². The predicted octanol–water partition coefficient (Wildman–Crippen LogP) is 2.34. The molecule has 2 aromatic rings. The van der Waals surface area contributed by atoms with Gasteiger partial charge in [0.1, 0.15) is 16.4 Å². The number of carbonyl (C=O) groups is 1. The Labute approximate surface area is 182 Å². The number of aromatic carboxylic acids is 1. The van der Waals surface area contributed by atoms with Crippen LogP contribution in [-0.2, 0) is 10.0 Å². The standard InChI is InChI=1S/C21H27N3O6S/c1-4-23-9-11-24(12-10-23)18-7-5-15(21(25)26)13-17(18)22-31(27,28)20-14-16(29-2)6-8-19(20)30-3/h5-8,13-14,22H,4,9-12H2,1-3H3,(H,25,26). The Morgan fingerprint density at radius 1 is 1.06 bits per heavy atom. The second-order valence-electron chi connectivity index (χ2n) is 7.08. The zero-order valence-corrected chi connectivity index (χ0v) is 18.6. The molecule has 1 fully saturated rings. The van der Waals surface area contributed by atoms with Crippen molar-refractivity contribution in [1.29, 1.82) is 0 Å². The fourth-order valence-electron chi connectivity index (χ4n) is 3.53. The molecule has 0 radical (unpaired) electrons. The summed E-state index contributed by atoms with van der Waals surface area (Å²) in [5, 5.41) is 9.41. The number of hydrogen-bond acceptors (Lipinski definition) is 7. The fourth-order valence-corrected chi connectivity index (χ4v) is 4.78. The molecule has 0 aromatic heterocycles. The predicted molar refractivity (Wildman–Crippen MR) is 118 cm³/mol. The van der Waals surface area contributed by atoms with E-state index in [1.54, 1.807) is 12.1 Å². The van der Waals surface area contributed by atoms with E-state index < -0.39 is 16.0 Å². The first-order chi connectivity index (χ1) is 14.8. The smallest absolute Gasteiger partial charge is 0.335 e. The van der Waals surface area contributed by atoms with E-state index in [0.29, 0.717) is 24.5 Å². The molecular formula is C21H27N3O6S. The quantitative estimate of drug-likeness (QED) is 0.632. The minimum atomic E-state index is -4.09. The molecule has 1 aliphatic rings. The summed E-state index contributed by atoms with van der Waals surface area (Å²) in [7, 11) is -1.27. The lowest BCUT2D eigenvalue weighted by Crippen LogP contribution is -2.46. The summed E-state index contributed by atoms with van der Waals surface area (Å²) in [4.78, 5) is 15.8. The molecule has 0 atom stereocenters. The van der Waals surface area contributed by atoms with Crippen molar-refractivity contribution >= 4 is 27.4 Å². The molecule has 0 saturated carbocycles. The fraction of sp³-hybridized carbons (Fsp3) is 0.381. The molecular weight excluding hydrogens is 422 g/mol.